The Bertz CT molecular complexity index is 518. The van der Waals surface area contributed by atoms with Crippen LogP contribution < -0.4 is 0 Å². The summed E-state index contributed by atoms with van der Waals surface area (Å²) in [5.41, 5.74) is -0.206. The molecule has 4 unspecified atom stereocenters. The van der Waals surface area contributed by atoms with Gasteiger partial charge in [0.05, 0.1) is 28.2 Å². The van der Waals surface area contributed by atoms with E-state index in [0.29, 0.717) is 0 Å². The van der Waals surface area contributed by atoms with Gasteiger partial charge in [-0.2, -0.15) is 0 Å². The number of rotatable bonds is 2. The standard InChI is InChI=1S/C14H15BrF2O2/c1-6-7(2)19-8(3)13(6)14(18)9-4-12(17)10(15)5-11(9)16/h4-8,13H,1-3H3. The van der Waals surface area contributed by atoms with Gasteiger partial charge in [0.25, 0.3) is 0 Å². The molecule has 0 bridgehead atoms. The molecular formula is C14H15BrF2O2. The van der Waals surface area contributed by atoms with Crippen LogP contribution in [0.15, 0.2) is 16.6 Å². The first-order chi connectivity index (χ1) is 8.82. The summed E-state index contributed by atoms with van der Waals surface area (Å²) in [7, 11) is 0. The lowest BCUT2D eigenvalue weighted by atomic mass is 9.83. The van der Waals surface area contributed by atoms with Crippen LogP contribution in [0.4, 0.5) is 8.78 Å². The topological polar surface area (TPSA) is 26.3 Å². The Morgan fingerprint density at radius 2 is 1.79 bits per heavy atom. The number of hydrogen-bond donors (Lipinski definition) is 0. The third-order valence-electron chi connectivity index (χ3n) is 3.82. The number of carbonyl (C=O) groups excluding carboxylic acids is 1. The summed E-state index contributed by atoms with van der Waals surface area (Å²) in [5, 5.41) is 0. The maximum absolute atomic E-state index is 13.8. The van der Waals surface area contributed by atoms with Crippen molar-refractivity contribution >= 4 is 21.7 Å². The van der Waals surface area contributed by atoms with Crippen molar-refractivity contribution in [3.05, 3.63) is 33.8 Å². The van der Waals surface area contributed by atoms with Crippen LogP contribution in [0.5, 0.6) is 0 Å². The predicted octanol–water partition coefficient (Wildman–Crippen LogP) is 3.97. The Morgan fingerprint density at radius 1 is 1.16 bits per heavy atom. The SMILES string of the molecule is CC1OC(C)C(C(=O)c2cc(F)c(Br)cc2F)C1C. The average Bonchev–Trinajstić information content (AvgIpc) is 2.57. The van der Waals surface area contributed by atoms with Crippen LogP contribution in [0.2, 0.25) is 0 Å². The first-order valence-electron chi connectivity index (χ1n) is 6.17. The minimum Gasteiger partial charge on any atom is -0.374 e. The van der Waals surface area contributed by atoms with Crippen LogP contribution >= 0.6 is 15.9 Å². The molecule has 1 heterocycles. The zero-order valence-corrected chi connectivity index (χ0v) is 12.5. The van der Waals surface area contributed by atoms with Crippen molar-refractivity contribution in [1.82, 2.24) is 0 Å². The highest BCUT2D eigenvalue weighted by atomic mass is 79.9. The summed E-state index contributed by atoms with van der Waals surface area (Å²) in [5.74, 6) is -2.21. The van der Waals surface area contributed by atoms with Gasteiger partial charge >= 0.3 is 0 Å². The number of ether oxygens (including phenoxy) is 1. The molecule has 2 nitrogen and oxygen atoms in total. The number of benzene rings is 1. The van der Waals surface area contributed by atoms with Crippen molar-refractivity contribution < 1.29 is 18.3 Å². The average molecular weight is 333 g/mol. The van der Waals surface area contributed by atoms with Gasteiger partial charge < -0.3 is 4.74 Å². The van der Waals surface area contributed by atoms with Crippen LogP contribution in [0, 0.1) is 23.5 Å². The monoisotopic (exact) mass is 332 g/mol. The third-order valence-corrected chi connectivity index (χ3v) is 4.43. The van der Waals surface area contributed by atoms with Crippen molar-refractivity contribution in [2.24, 2.45) is 11.8 Å². The summed E-state index contributed by atoms with van der Waals surface area (Å²) in [6, 6.07) is 1.93. The molecule has 1 fully saturated rings. The zero-order chi connectivity index (χ0) is 14.3. The van der Waals surface area contributed by atoms with E-state index in [9.17, 15) is 13.6 Å². The second-order valence-corrected chi connectivity index (χ2v) is 5.90. The Morgan fingerprint density at radius 3 is 2.32 bits per heavy atom. The number of halogens is 3. The zero-order valence-electron chi connectivity index (χ0n) is 10.9. The Kier molecular flexibility index (Phi) is 4.06. The molecule has 104 valence electrons. The minimum atomic E-state index is -0.711. The molecule has 0 aliphatic carbocycles. The Balaban J connectivity index is 2.37. The van der Waals surface area contributed by atoms with E-state index in [4.69, 9.17) is 4.74 Å². The van der Waals surface area contributed by atoms with Gasteiger partial charge in [-0.15, -0.1) is 0 Å². The minimum absolute atomic E-state index is 0.0127. The summed E-state index contributed by atoms with van der Waals surface area (Å²) < 4.78 is 32.9. The lowest BCUT2D eigenvalue weighted by molar-refractivity contribution is 0.0490. The highest BCUT2D eigenvalue weighted by molar-refractivity contribution is 9.10. The van der Waals surface area contributed by atoms with Crippen LogP contribution in [0.1, 0.15) is 31.1 Å². The number of ketones is 1. The van der Waals surface area contributed by atoms with Gasteiger partial charge in [0.1, 0.15) is 11.6 Å². The van der Waals surface area contributed by atoms with Gasteiger partial charge in [-0.05, 0) is 47.8 Å². The van der Waals surface area contributed by atoms with Crippen LogP contribution in [-0.4, -0.2) is 18.0 Å². The second kappa shape index (κ2) is 5.29. The Hall–Kier alpha value is -0.810. The number of carbonyl (C=O) groups is 1. The number of hydrogen-bond acceptors (Lipinski definition) is 2. The van der Waals surface area contributed by atoms with E-state index < -0.39 is 23.3 Å². The van der Waals surface area contributed by atoms with Crippen LogP contribution in [0.25, 0.3) is 0 Å². The van der Waals surface area contributed by atoms with E-state index in [1.807, 2.05) is 13.8 Å². The molecule has 1 aliphatic rings. The maximum atomic E-state index is 13.8. The highest BCUT2D eigenvalue weighted by Gasteiger charge is 2.42. The van der Waals surface area contributed by atoms with E-state index >= 15 is 0 Å². The van der Waals surface area contributed by atoms with Crippen molar-refractivity contribution in [2.75, 3.05) is 0 Å². The molecule has 2 rings (SSSR count). The summed E-state index contributed by atoms with van der Waals surface area (Å²) in [6.07, 6.45) is -0.351. The van der Waals surface area contributed by atoms with Gasteiger partial charge in [-0.3, -0.25) is 4.79 Å². The molecule has 0 N–H and O–H groups in total. The van der Waals surface area contributed by atoms with Crippen molar-refractivity contribution in [2.45, 2.75) is 33.0 Å². The lowest BCUT2D eigenvalue weighted by Gasteiger charge is -2.17. The first-order valence-corrected chi connectivity index (χ1v) is 6.96. The largest absolute Gasteiger partial charge is 0.374 e. The Labute approximate surface area is 119 Å². The van der Waals surface area contributed by atoms with Gasteiger partial charge in [-0.25, -0.2) is 8.78 Å². The van der Waals surface area contributed by atoms with Crippen LogP contribution in [-0.2, 0) is 4.74 Å². The second-order valence-electron chi connectivity index (χ2n) is 5.04. The van der Waals surface area contributed by atoms with Gasteiger partial charge in [-0.1, -0.05) is 6.92 Å². The fraction of sp³-hybridized carbons (Fsp3) is 0.500. The third kappa shape index (κ3) is 2.58. The fourth-order valence-corrected chi connectivity index (χ4v) is 2.92. The molecule has 0 aromatic heterocycles. The molecule has 5 heteroatoms. The van der Waals surface area contributed by atoms with E-state index in [1.165, 1.54) is 0 Å². The van der Waals surface area contributed by atoms with Crippen LogP contribution in [0.3, 0.4) is 0 Å². The molecule has 1 aliphatic heterocycles. The van der Waals surface area contributed by atoms with E-state index in [0.717, 1.165) is 12.1 Å². The number of Topliss-reactive ketones (excluding diaryl/α,β-unsaturated/α-hetero) is 1. The summed E-state index contributed by atoms with van der Waals surface area (Å²) in [6.45, 7) is 5.56. The molecule has 4 atom stereocenters. The van der Waals surface area contributed by atoms with E-state index in [2.05, 4.69) is 15.9 Å². The molecular weight excluding hydrogens is 318 g/mol. The smallest absolute Gasteiger partial charge is 0.171 e. The first kappa shape index (κ1) is 14.6. The van der Waals surface area contributed by atoms with Crippen molar-refractivity contribution in [1.29, 1.82) is 0 Å². The van der Waals surface area contributed by atoms with Gasteiger partial charge in [0, 0.05) is 0 Å². The quantitative estimate of drug-likeness (QED) is 0.605. The molecule has 0 amide bonds. The summed E-state index contributed by atoms with van der Waals surface area (Å²) >= 11 is 2.90. The van der Waals surface area contributed by atoms with E-state index in [-0.39, 0.29) is 28.2 Å². The molecule has 0 saturated carbocycles. The molecule has 1 aromatic rings. The fourth-order valence-electron chi connectivity index (χ4n) is 2.61. The highest BCUT2D eigenvalue weighted by Crippen LogP contribution is 2.35. The molecule has 0 radical (unpaired) electrons. The van der Waals surface area contributed by atoms with E-state index in [1.54, 1.807) is 6.92 Å². The molecule has 1 saturated heterocycles. The molecule has 1 aromatic carbocycles. The van der Waals surface area contributed by atoms with Gasteiger partial charge in [0.2, 0.25) is 0 Å². The normalized spacial score (nSPS) is 30.6. The maximum Gasteiger partial charge on any atom is 0.171 e. The van der Waals surface area contributed by atoms with Crippen molar-refractivity contribution in [3.8, 4) is 0 Å². The molecule has 0 spiro atoms. The van der Waals surface area contributed by atoms with Gasteiger partial charge in [0.15, 0.2) is 5.78 Å². The summed E-state index contributed by atoms with van der Waals surface area (Å²) in [4.78, 5) is 12.4. The molecule has 19 heavy (non-hydrogen) atoms. The predicted molar refractivity (Wildman–Crippen MR) is 71.1 cm³/mol. The lowest BCUT2D eigenvalue weighted by Crippen LogP contribution is -2.27. The van der Waals surface area contributed by atoms with Crippen molar-refractivity contribution in [3.63, 3.8) is 0 Å².